The zero-order valence-electron chi connectivity index (χ0n) is 12.2. The summed E-state index contributed by atoms with van der Waals surface area (Å²) in [7, 11) is 1.69. The zero-order valence-corrected chi connectivity index (χ0v) is 12.2. The molecule has 0 aromatic carbocycles. The molecule has 19 heavy (non-hydrogen) atoms. The van der Waals surface area contributed by atoms with E-state index in [1.165, 1.54) is 0 Å². The van der Waals surface area contributed by atoms with Crippen molar-refractivity contribution in [1.82, 2.24) is 5.32 Å². The smallest absolute Gasteiger partial charge is 0.237 e. The Bertz CT molecular complexity index is 273. The maximum absolute atomic E-state index is 11.8. The van der Waals surface area contributed by atoms with E-state index in [4.69, 9.17) is 15.2 Å². The van der Waals surface area contributed by atoms with Crippen molar-refractivity contribution in [2.24, 2.45) is 5.73 Å². The second-order valence-corrected chi connectivity index (χ2v) is 5.31. The van der Waals surface area contributed by atoms with Gasteiger partial charge in [0.25, 0.3) is 0 Å². The van der Waals surface area contributed by atoms with Gasteiger partial charge in [-0.2, -0.15) is 0 Å². The Kier molecular flexibility index (Phi) is 7.34. The fourth-order valence-electron chi connectivity index (χ4n) is 2.66. The quantitative estimate of drug-likeness (QED) is 0.619. The van der Waals surface area contributed by atoms with Crippen molar-refractivity contribution < 1.29 is 14.3 Å². The number of primary amides is 1. The first-order valence-corrected chi connectivity index (χ1v) is 7.30. The van der Waals surface area contributed by atoms with Crippen LogP contribution >= 0.6 is 0 Å². The fraction of sp³-hybridized carbons (Fsp3) is 0.929. The number of ether oxygens (including phenoxy) is 2. The molecule has 0 saturated heterocycles. The van der Waals surface area contributed by atoms with Crippen molar-refractivity contribution >= 4 is 5.91 Å². The molecule has 1 rings (SSSR count). The maximum Gasteiger partial charge on any atom is 0.237 e. The van der Waals surface area contributed by atoms with E-state index in [-0.39, 0.29) is 12.0 Å². The van der Waals surface area contributed by atoms with Crippen molar-refractivity contribution in [2.45, 2.75) is 57.1 Å². The molecule has 0 aromatic rings. The van der Waals surface area contributed by atoms with Crippen molar-refractivity contribution in [3.63, 3.8) is 0 Å². The molecule has 1 saturated carbocycles. The molecule has 2 unspecified atom stereocenters. The molecule has 0 aromatic heterocycles. The molecule has 112 valence electrons. The van der Waals surface area contributed by atoms with E-state index in [2.05, 4.69) is 12.2 Å². The minimum absolute atomic E-state index is 0.127. The van der Waals surface area contributed by atoms with Crippen LogP contribution in [0.3, 0.4) is 0 Å². The SMILES string of the molecule is CCCNC1(C(N)=O)CCCC(OCCCOC)C1. The van der Waals surface area contributed by atoms with Crippen LogP contribution in [0.1, 0.15) is 45.4 Å². The van der Waals surface area contributed by atoms with Gasteiger partial charge in [0.15, 0.2) is 0 Å². The first-order valence-electron chi connectivity index (χ1n) is 7.30. The minimum atomic E-state index is -0.569. The number of methoxy groups -OCH3 is 1. The highest BCUT2D eigenvalue weighted by atomic mass is 16.5. The van der Waals surface area contributed by atoms with Crippen LogP contribution in [0.5, 0.6) is 0 Å². The summed E-state index contributed by atoms with van der Waals surface area (Å²) in [4.78, 5) is 11.8. The Morgan fingerprint density at radius 3 is 2.89 bits per heavy atom. The largest absolute Gasteiger partial charge is 0.385 e. The van der Waals surface area contributed by atoms with E-state index in [9.17, 15) is 4.79 Å². The van der Waals surface area contributed by atoms with Crippen LogP contribution in [-0.4, -0.2) is 44.4 Å². The molecule has 5 heteroatoms. The topological polar surface area (TPSA) is 73.6 Å². The highest BCUT2D eigenvalue weighted by Gasteiger charge is 2.41. The van der Waals surface area contributed by atoms with E-state index in [1.807, 2.05) is 0 Å². The first kappa shape index (κ1) is 16.4. The van der Waals surface area contributed by atoms with Gasteiger partial charge in [-0.15, -0.1) is 0 Å². The van der Waals surface area contributed by atoms with Gasteiger partial charge in [-0.1, -0.05) is 6.92 Å². The molecule has 3 N–H and O–H groups in total. The average Bonchev–Trinajstić information content (AvgIpc) is 2.41. The van der Waals surface area contributed by atoms with Crippen molar-refractivity contribution in [2.75, 3.05) is 26.9 Å². The molecule has 1 amide bonds. The third kappa shape index (κ3) is 5.09. The standard InChI is InChI=1S/C14H28N2O3/c1-3-8-16-14(13(15)17)7-4-6-12(11-14)19-10-5-9-18-2/h12,16H,3-11H2,1-2H3,(H2,15,17). The summed E-state index contributed by atoms with van der Waals surface area (Å²) in [6.45, 7) is 4.30. The number of rotatable bonds is 9. The summed E-state index contributed by atoms with van der Waals surface area (Å²) < 4.78 is 10.8. The van der Waals surface area contributed by atoms with Gasteiger partial charge in [-0.3, -0.25) is 4.79 Å². The molecule has 1 fully saturated rings. The van der Waals surface area contributed by atoms with Crippen LogP contribution in [-0.2, 0) is 14.3 Å². The first-order chi connectivity index (χ1) is 9.14. The summed E-state index contributed by atoms with van der Waals surface area (Å²) in [5, 5.41) is 3.34. The van der Waals surface area contributed by atoms with Gasteiger partial charge in [0.2, 0.25) is 5.91 Å². The number of hydrogen-bond donors (Lipinski definition) is 2. The summed E-state index contributed by atoms with van der Waals surface area (Å²) >= 11 is 0. The Morgan fingerprint density at radius 1 is 1.47 bits per heavy atom. The third-order valence-corrected chi connectivity index (χ3v) is 3.74. The average molecular weight is 272 g/mol. The summed E-state index contributed by atoms with van der Waals surface area (Å²) in [5.74, 6) is -0.244. The van der Waals surface area contributed by atoms with Gasteiger partial charge in [-0.05, 0) is 38.6 Å². The number of amides is 1. The molecule has 2 atom stereocenters. The summed E-state index contributed by atoms with van der Waals surface area (Å²) in [6.07, 6.45) is 5.51. The lowest BCUT2D eigenvalue weighted by atomic mass is 9.79. The van der Waals surface area contributed by atoms with Crippen LogP contribution in [0, 0.1) is 0 Å². The second kappa shape index (κ2) is 8.51. The van der Waals surface area contributed by atoms with Crippen molar-refractivity contribution in [3.05, 3.63) is 0 Å². The van der Waals surface area contributed by atoms with Gasteiger partial charge >= 0.3 is 0 Å². The molecule has 0 bridgehead atoms. The van der Waals surface area contributed by atoms with E-state index in [0.29, 0.717) is 19.6 Å². The van der Waals surface area contributed by atoms with Crippen molar-refractivity contribution in [1.29, 1.82) is 0 Å². The molecule has 5 nitrogen and oxygen atoms in total. The number of nitrogens with two attached hydrogens (primary N) is 1. The summed E-state index contributed by atoms with van der Waals surface area (Å²) in [5.41, 5.74) is 5.04. The van der Waals surface area contributed by atoms with E-state index in [0.717, 1.165) is 38.6 Å². The van der Waals surface area contributed by atoms with E-state index >= 15 is 0 Å². The number of carbonyl (C=O) groups excluding carboxylic acids is 1. The Hall–Kier alpha value is -0.650. The third-order valence-electron chi connectivity index (χ3n) is 3.74. The normalized spacial score (nSPS) is 27.4. The number of carbonyl (C=O) groups is 1. The lowest BCUT2D eigenvalue weighted by molar-refractivity contribution is -0.128. The zero-order chi connectivity index (χ0) is 14.1. The number of nitrogens with one attached hydrogen (secondary N) is 1. The van der Waals surface area contributed by atoms with E-state index < -0.39 is 5.54 Å². The fourth-order valence-corrected chi connectivity index (χ4v) is 2.66. The number of hydrogen-bond acceptors (Lipinski definition) is 4. The van der Waals surface area contributed by atoms with Gasteiger partial charge in [0.05, 0.1) is 6.10 Å². The van der Waals surface area contributed by atoms with Crippen molar-refractivity contribution in [3.8, 4) is 0 Å². The lowest BCUT2D eigenvalue weighted by Crippen LogP contribution is -2.59. The molecule has 0 spiro atoms. The van der Waals surface area contributed by atoms with Gasteiger partial charge in [0, 0.05) is 26.7 Å². The molecular weight excluding hydrogens is 244 g/mol. The Morgan fingerprint density at radius 2 is 2.26 bits per heavy atom. The van der Waals surface area contributed by atoms with E-state index in [1.54, 1.807) is 7.11 Å². The molecule has 1 aliphatic rings. The van der Waals surface area contributed by atoms with Crippen LogP contribution in [0.2, 0.25) is 0 Å². The lowest BCUT2D eigenvalue weighted by Gasteiger charge is -2.39. The molecule has 0 heterocycles. The van der Waals surface area contributed by atoms with Crippen LogP contribution in [0.25, 0.3) is 0 Å². The Balaban J connectivity index is 2.46. The Labute approximate surface area is 116 Å². The van der Waals surface area contributed by atoms with Crippen LogP contribution in [0.15, 0.2) is 0 Å². The molecule has 1 aliphatic carbocycles. The van der Waals surface area contributed by atoms with Gasteiger partial charge in [0.1, 0.15) is 5.54 Å². The highest BCUT2D eigenvalue weighted by Crippen LogP contribution is 2.30. The molecule has 0 radical (unpaired) electrons. The summed E-state index contributed by atoms with van der Waals surface area (Å²) in [6, 6.07) is 0. The monoisotopic (exact) mass is 272 g/mol. The minimum Gasteiger partial charge on any atom is -0.385 e. The van der Waals surface area contributed by atoms with Gasteiger partial charge < -0.3 is 20.5 Å². The second-order valence-electron chi connectivity index (χ2n) is 5.31. The predicted molar refractivity (Wildman–Crippen MR) is 74.9 cm³/mol. The van der Waals surface area contributed by atoms with Gasteiger partial charge in [-0.25, -0.2) is 0 Å². The highest BCUT2D eigenvalue weighted by molar-refractivity contribution is 5.84. The predicted octanol–water partition coefficient (Wildman–Crippen LogP) is 1.21. The molecule has 0 aliphatic heterocycles. The van der Waals surface area contributed by atoms with Crippen LogP contribution in [0.4, 0.5) is 0 Å². The molecular formula is C14H28N2O3. The van der Waals surface area contributed by atoms with Crippen LogP contribution < -0.4 is 11.1 Å². The maximum atomic E-state index is 11.8.